The molecule has 4 atom stereocenters. The van der Waals surface area contributed by atoms with Crippen LogP contribution in [0, 0.1) is 11.8 Å². The largest absolute Gasteiger partial charge is 0.480 e. The van der Waals surface area contributed by atoms with E-state index in [9.17, 15) is 9.59 Å². The molecule has 4 N–H and O–H groups in total. The van der Waals surface area contributed by atoms with Gasteiger partial charge in [-0.1, -0.05) is 40.5 Å². The predicted molar refractivity (Wildman–Crippen MR) is 66.5 cm³/mol. The van der Waals surface area contributed by atoms with Gasteiger partial charge in [-0.15, -0.1) is 0 Å². The van der Waals surface area contributed by atoms with Crippen molar-refractivity contribution in [2.75, 3.05) is 0 Å². The van der Waals surface area contributed by atoms with Crippen LogP contribution in [0.25, 0.3) is 0 Å². The number of amides is 1. The van der Waals surface area contributed by atoms with Crippen molar-refractivity contribution in [1.82, 2.24) is 5.32 Å². The van der Waals surface area contributed by atoms with Gasteiger partial charge in [0, 0.05) is 0 Å². The quantitative estimate of drug-likeness (QED) is 0.622. The molecule has 100 valence electrons. The minimum Gasteiger partial charge on any atom is -0.480 e. The monoisotopic (exact) mass is 244 g/mol. The number of hydrogen-bond acceptors (Lipinski definition) is 3. The summed E-state index contributed by atoms with van der Waals surface area (Å²) in [6.07, 6.45) is 1.48. The van der Waals surface area contributed by atoms with Gasteiger partial charge in [-0.3, -0.25) is 4.79 Å². The number of nitrogens with two attached hydrogens (primary N) is 1. The minimum atomic E-state index is -1.01. The second-order valence-corrected chi connectivity index (χ2v) is 4.62. The number of carbonyl (C=O) groups is 2. The number of carboxylic acids is 1. The molecule has 0 rings (SSSR count). The van der Waals surface area contributed by atoms with E-state index in [1.165, 1.54) is 0 Å². The van der Waals surface area contributed by atoms with Gasteiger partial charge < -0.3 is 16.2 Å². The lowest BCUT2D eigenvalue weighted by atomic mass is 9.96. The number of aliphatic carboxylic acids is 1. The second kappa shape index (κ2) is 7.27. The van der Waals surface area contributed by atoms with Crippen molar-refractivity contribution in [3.05, 3.63) is 0 Å². The highest BCUT2D eigenvalue weighted by Gasteiger charge is 2.28. The Kier molecular flexibility index (Phi) is 6.80. The average molecular weight is 244 g/mol. The van der Waals surface area contributed by atoms with E-state index in [1.54, 1.807) is 6.92 Å². The van der Waals surface area contributed by atoms with Crippen LogP contribution in [-0.2, 0) is 9.59 Å². The molecule has 17 heavy (non-hydrogen) atoms. The first-order valence-corrected chi connectivity index (χ1v) is 6.13. The zero-order chi connectivity index (χ0) is 13.6. The van der Waals surface area contributed by atoms with Crippen molar-refractivity contribution in [2.24, 2.45) is 17.6 Å². The van der Waals surface area contributed by atoms with Gasteiger partial charge in [-0.2, -0.15) is 0 Å². The Hall–Kier alpha value is -1.10. The van der Waals surface area contributed by atoms with Crippen LogP contribution in [0.3, 0.4) is 0 Å². The molecule has 0 aromatic carbocycles. The third-order valence-electron chi connectivity index (χ3n) is 3.34. The molecule has 0 aliphatic carbocycles. The maximum Gasteiger partial charge on any atom is 0.326 e. The van der Waals surface area contributed by atoms with Gasteiger partial charge in [-0.05, 0) is 11.8 Å². The maximum atomic E-state index is 11.8. The number of rotatable bonds is 7. The first-order chi connectivity index (χ1) is 7.84. The molecular weight excluding hydrogens is 220 g/mol. The summed E-state index contributed by atoms with van der Waals surface area (Å²) in [6.45, 7) is 7.51. The molecule has 5 heteroatoms. The van der Waals surface area contributed by atoms with E-state index in [0.717, 1.165) is 6.42 Å². The highest BCUT2D eigenvalue weighted by molar-refractivity contribution is 5.87. The van der Waals surface area contributed by atoms with Gasteiger partial charge in [-0.25, -0.2) is 4.79 Å². The van der Waals surface area contributed by atoms with E-state index in [2.05, 4.69) is 5.32 Å². The molecule has 5 nitrogen and oxygen atoms in total. The first kappa shape index (κ1) is 15.9. The van der Waals surface area contributed by atoms with Gasteiger partial charge in [0.2, 0.25) is 5.91 Å². The van der Waals surface area contributed by atoms with Gasteiger partial charge >= 0.3 is 5.97 Å². The number of carbonyl (C=O) groups excluding carboxylic acids is 1. The van der Waals surface area contributed by atoms with Crippen LogP contribution in [0.2, 0.25) is 0 Å². The Morgan fingerprint density at radius 1 is 1.18 bits per heavy atom. The zero-order valence-corrected chi connectivity index (χ0v) is 11.1. The number of carboxylic acid groups (broad SMARTS) is 1. The van der Waals surface area contributed by atoms with Crippen molar-refractivity contribution in [1.29, 1.82) is 0 Å². The molecule has 0 spiro atoms. The Labute approximate surface area is 103 Å². The SMILES string of the molecule is CC[C@@H](C)[C@H](NC(=O)[C@@H](N)[C@@H](C)CC)C(=O)O. The van der Waals surface area contributed by atoms with Crippen LogP contribution in [0.15, 0.2) is 0 Å². The Morgan fingerprint density at radius 2 is 1.65 bits per heavy atom. The Bertz CT molecular complexity index is 268. The molecular formula is C12H24N2O3. The van der Waals surface area contributed by atoms with Crippen molar-refractivity contribution in [2.45, 2.75) is 52.6 Å². The summed E-state index contributed by atoms with van der Waals surface area (Å²) in [5.41, 5.74) is 5.76. The Morgan fingerprint density at radius 3 is 2.00 bits per heavy atom. The van der Waals surface area contributed by atoms with Crippen molar-refractivity contribution >= 4 is 11.9 Å². The van der Waals surface area contributed by atoms with Gasteiger partial charge in [0.25, 0.3) is 0 Å². The van der Waals surface area contributed by atoms with Crippen molar-refractivity contribution in [3.63, 3.8) is 0 Å². The molecule has 0 aliphatic heterocycles. The van der Waals surface area contributed by atoms with Crippen LogP contribution >= 0.6 is 0 Å². The van der Waals surface area contributed by atoms with Crippen molar-refractivity contribution < 1.29 is 14.7 Å². The van der Waals surface area contributed by atoms with Crippen LogP contribution < -0.4 is 11.1 Å². The minimum absolute atomic E-state index is 0.0429. The molecule has 0 aromatic rings. The lowest BCUT2D eigenvalue weighted by Gasteiger charge is -2.24. The van der Waals surface area contributed by atoms with E-state index >= 15 is 0 Å². The standard InChI is InChI=1S/C12H24N2O3/c1-5-7(3)9(13)11(15)14-10(12(16)17)8(4)6-2/h7-10H,5-6,13H2,1-4H3,(H,14,15)(H,16,17)/t7-,8+,9-,10-/m0/s1. The average Bonchev–Trinajstić information content (AvgIpc) is 2.32. The molecule has 0 heterocycles. The van der Waals surface area contributed by atoms with Gasteiger partial charge in [0.05, 0.1) is 6.04 Å². The molecule has 0 saturated heterocycles. The van der Waals surface area contributed by atoms with Crippen LogP contribution in [0.5, 0.6) is 0 Å². The molecule has 0 aliphatic rings. The van der Waals surface area contributed by atoms with E-state index in [0.29, 0.717) is 6.42 Å². The number of nitrogens with one attached hydrogen (secondary N) is 1. The van der Waals surface area contributed by atoms with E-state index < -0.39 is 18.1 Å². The molecule has 0 radical (unpaired) electrons. The van der Waals surface area contributed by atoms with Gasteiger partial charge in [0.15, 0.2) is 0 Å². The number of hydrogen-bond donors (Lipinski definition) is 3. The summed E-state index contributed by atoms with van der Waals surface area (Å²) in [4.78, 5) is 22.8. The fraction of sp³-hybridized carbons (Fsp3) is 0.833. The van der Waals surface area contributed by atoms with E-state index in [-0.39, 0.29) is 17.7 Å². The van der Waals surface area contributed by atoms with Crippen LogP contribution in [-0.4, -0.2) is 29.1 Å². The van der Waals surface area contributed by atoms with Crippen LogP contribution in [0.4, 0.5) is 0 Å². The smallest absolute Gasteiger partial charge is 0.326 e. The lowest BCUT2D eigenvalue weighted by molar-refractivity contribution is -0.143. The molecule has 0 unspecified atom stereocenters. The summed E-state index contributed by atoms with van der Waals surface area (Å²) in [5.74, 6) is -1.46. The molecule has 0 bridgehead atoms. The molecule has 0 aromatic heterocycles. The van der Waals surface area contributed by atoms with Crippen molar-refractivity contribution in [3.8, 4) is 0 Å². The maximum absolute atomic E-state index is 11.8. The fourth-order valence-electron chi connectivity index (χ4n) is 1.44. The van der Waals surface area contributed by atoms with E-state index in [4.69, 9.17) is 10.8 Å². The van der Waals surface area contributed by atoms with E-state index in [1.807, 2.05) is 20.8 Å². The molecule has 1 amide bonds. The molecule has 0 saturated carbocycles. The Balaban J connectivity index is 4.56. The summed E-state index contributed by atoms with van der Waals surface area (Å²) >= 11 is 0. The second-order valence-electron chi connectivity index (χ2n) is 4.62. The highest BCUT2D eigenvalue weighted by Crippen LogP contribution is 2.10. The summed E-state index contributed by atoms with van der Waals surface area (Å²) < 4.78 is 0. The van der Waals surface area contributed by atoms with Crippen LogP contribution in [0.1, 0.15) is 40.5 Å². The first-order valence-electron chi connectivity index (χ1n) is 6.13. The summed E-state index contributed by atoms with van der Waals surface area (Å²) in [6, 6.07) is -1.51. The summed E-state index contributed by atoms with van der Waals surface area (Å²) in [7, 11) is 0. The third kappa shape index (κ3) is 4.73. The predicted octanol–water partition coefficient (Wildman–Crippen LogP) is 0.975. The van der Waals surface area contributed by atoms with Gasteiger partial charge in [0.1, 0.15) is 6.04 Å². The fourth-order valence-corrected chi connectivity index (χ4v) is 1.44. The third-order valence-corrected chi connectivity index (χ3v) is 3.34. The lowest BCUT2D eigenvalue weighted by Crippen LogP contribution is -2.52. The normalized spacial score (nSPS) is 17.9. The zero-order valence-electron chi connectivity index (χ0n) is 11.1. The topological polar surface area (TPSA) is 92.4 Å². The highest BCUT2D eigenvalue weighted by atomic mass is 16.4. The molecule has 0 fully saturated rings. The summed E-state index contributed by atoms with van der Waals surface area (Å²) in [5, 5.41) is 11.6.